The van der Waals surface area contributed by atoms with Gasteiger partial charge < -0.3 is 38.0 Å². The molecular formula is C41H62N4O12S. The van der Waals surface area contributed by atoms with Crippen molar-refractivity contribution in [2.45, 2.75) is 143 Å². The molecule has 2 aromatic rings. The molecule has 1 N–H and O–H groups in total. The van der Waals surface area contributed by atoms with Crippen LogP contribution in [-0.2, 0) is 59.0 Å². The van der Waals surface area contributed by atoms with Crippen molar-refractivity contribution in [2.24, 2.45) is 23.7 Å². The first-order chi connectivity index (χ1) is 27.8. The van der Waals surface area contributed by atoms with Gasteiger partial charge in [0.2, 0.25) is 0 Å². The largest absolute Gasteiger partial charge is 0.494 e. The molecule has 0 spiro atoms. The van der Waals surface area contributed by atoms with Gasteiger partial charge in [0.05, 0.1) is 25.5 Å². The second-order valence-electron chi connectivity index (χ2n) is 15.4. The molecule has 17 heteroatoms. The van der Waals surface area contributed by atoms with Gasteiger partial charge in [-0.05, 0) is 43.7 Å². The van der Waals surface area contributed by atoms with Crippen LogP contribution in [0.4, 0.5) is 0 Å². The third kappa shape index (κ3) is 14.5. The number of aromatic nitrogens is 3. The van der Waals surface area contributed by atoms with Gasteiger partial charge in [-0.15, -0.1) is 5.10 Å². The molecule has 324 valence electrons. The molecule has 0 aliphatic carbocycles. The lowest BCUT2D eigenvalue weighted by Gasteiger charge is -2.44. The van der Waals surface area contributed by atoms with E-state index in [1.165, 1.54) is 20.8 Å². The molecule has 0 radical (unpaired) electrons. The summed E-state index contributed by atoms with van der Waals surface area (Å²) in [7, 11) is 0. The Morgan fingerprint density at radius 2 is 1.48 bits per heavy atom. The summed E-state index contributed by atoms with van der Waals surface area (Å²) in [6, 6.07) is 7.72. The lowest BCUT2D eigenvalue weighted by atomic mass is 9.79. The lowest BCUT2D eigenvalue weighted by Crippen LogP contribution is -2.53. The second-order valence-corrected chi connectivity index (χ2v) is 15.6. The maximum atomic E-state index is 12.1. The van der Waals surface area contributed by atoms with Crippen LogP contribution in [0.5, 0.6) is 5.75 Å². The summed E-state index contributed by atoms with van der Waals surface area (Å²) >= 11 is 3.66. The van der Waals surface area contributed by atoms with Crippen LogP contribution in [0.1, 0.15) is 99.8 Å². The number of benzene rings is 1. The summed E-state index contributed by atoms with van der Waals surface area (Å²) in [4.78, 5) is 53.5. The summed E-state index contributed by atoms with van der Waals surface area (Å²) < 4.78 is 43.2. The number of ether oxygens (including phenoxy) is 7. The molecule has 0 amide bonds. The van der Waals surface area contributed by atoms with Crippen LogP contribution < -0.4 is 9.62 Å². The summed E-state index contributed by atoms with van der Waals surface area (Å²) in [6.45, 7) is 13.6. The average molecular weight is 835 g/mol. The molecule has 2 saturated heterocycles. The molecule has 5 unspecified atom stereocenters. The van der Waals surface area contributed by atoms with Crippen molar-refractivity contribution < 1.29 is 57.2 Å². The molecule has 0 saturated carbocycles. The van der Waals surface area contributed by atoms with Crippen LogP contribution in [0.2, 0.25) is 0 Å². The van der Waals surface area contributed by atoms with E-state index < -0.39 is 48.6 Å². The normalized spacial score (nSPS) is 27.0. The zero-order valence-electron chi connectivity index (χ0n) is 34.8. The molecule has 0 bridgehead atoms. The van der Waals surface area contributed by atoms with Gasteiger partial charge in [-0.1, -0.05) is 82.0 Å². The summed E-state index contributed by atoms with van der Waals surface area (Å²) in [5, 5.41) is 8.77. The zero-order valence-corrected chi connectivity index (χ0v) is 35.7. The molecular weight excluding hydrogens is 773 g/mol. The van der Waals surface area contributed by atoms with Gasteiger partial charge in [-0.2, -0.15) is 0 Å². The fourth-order valence-corrected chi connectivity index (χ4v) is 7.63. The molecule has 1 aromatic heterocycles. The van der Waals surface area contributed by atoms with Crippen molar-refractivity contribution in [1.82, 2.24) is 19.9 Å². The van der Waals surface area contributed by atoms with E-state index in [9.17, 15) is 19.2 Å². The minimum Gasteiger partial charge on any atom is -0.494 e. The van der Waals surface area contributed by atoms with Crippen LogP contribution >= 0.6 is 12.8 Å². The number of hydrogen-bond donors (Lipinski definition) is 2. The summed E-state index contributed by atoms with van der Waals surface area (Å²) in [5.74, 6) is -0.708. The predicted molar refractivity (Wildman–Crippen MR) is 214 cm³/mol. The van der Waals surface area contributed by atoms with Crippen LogP contribution in [0.3, 0.4) is 0 Å². The van der Waals surface area contributed by atoms with Gasteiger partial charge in [-0.3, -0.25) is 19.2 Å². The van der Waals surface area contributed by atoms with Gasteiger partial charge in [0.15, 0.2) is 6.29 Å². The molecule has 10 atom stereocenters. The van der Waals surface area contributed by atoms with Crippen molar-refractivity contribution in [3.8, 4) is 17.0 Å². The van der Waals surface area contributed by atoms with E-state index in [2.05, 4.69) is 46.7 Å². The second kappa shape index (κ2) is 23.7. The first kappa shape index (κ1) is 46.9. The summed E-state index contributed by atoms with van der Waals surface area (Å²) in [6.07, 6.45) is 5.44. The maximum Gasteiger partial charge on any atom is 0.325 e. The van der Waals surface area contributed by atoms with Crippen LogP contribution in [0.25, 0.3) is 11.3 Å². The van der Waals surface area contributed by atoms with E-state index >= 15 is 0 Å². The van der Waals surface area contributed by atoms with Crippen molar-refractivity contribution in [2.75, 3.05) is 19.8 Å². The van der Waals surface area contributed by atoms with E-state index in [1.54, 1.807) is 4.68 Å². The molecule has 3 heterocycles. The fraction of sp³-hybridized carbons (Fsp3) is 0.707. The topological polar surface area (TPSA) is 185 Å². The Balaban J connectivity index is 1.24. The Bertz CT molecular complexity index is 1610. The molecule has 2 aliphatic rings. The lowest BCUT2D eigenvalue weighted by molar-refractivity contribution is -0.269. The number of carbonyl (C=O) groups excluding carboxylic acids is 4. The van der Waals surface area contributed by atoms with Gasteiger partial charge in [-0.25, -0.2) is 4.68 Å². The number of rotatable bonds is 22. The smallest absolute Gasteiger partial charge is 0.325 e. The van der Waals surface area contributed by atoms with E-state index in [1.807, 2.05) is 44.3 Å². The van der Waals surface area contributed by atoms with E-state index in [4.69, 9.17) is 33.2 Å². The van der Waals surface area contributed by atoms with E-state index in [0.717, 1.165) is 43.4 Å². The fourth-order valence-electron chi connectivity index (χ4n) is 7.53. The van der Waals surface area contributed by atoms with Crippen molar-refractivity contribution in [3.63, 3.8) is 0 Å². The molecule has 2 aliphatic heterocycles. The summed E-state index contributed by atoms with van der Waals surface area (Å²) in [5.41, 5.74) is 1.51. The Hall–Kier alpha value is -3.77. The highest BCUT2D eigenvalue weighted by atomic mass is 32.1. The SMILES string of the molecule is CC(=O)OCC1OC(CCCCCCOc2cccc(-c3cn(CC4O[C@H](OCCCCC(=O)ONS)C(C)[C@@H](C)[C@H]4OC(C)=O)nn3)c2)C(C)[C@@H](C)[C@H]1OC(C)=O. The van der Waals surface area contributed by atoms with Gasteiger partial charge in [0.25, 0.3) is 0 Å². The quantitative estimate of drug-likeness (QED) is 0.0475. The number of hydrogen-bond acceptors (Lipinski definition) is 16. The predicted octanol–water partition coefficient (Wildman–Crippen LogP) is 5.82. The Morgan fingerprint density at radius 1 is 0.793 bits per heavy atom. The van der Waals surface area contributed by atoms with Crippen LogP contribution in [-0.4, -0.2) is 95.5 Å². The third-order valence-electron chi connectivity index (χ3n) is 11.1. The van der Waals surface area contributed by atoms with Crippen molar-refractivity contribution in [3.05, 3.63) is 30.5 Å². The average Bonchev–Trinajstić information content (AvgIpc) is 3.65. The molecule has 2 fully saturated rings. The van der Waals surface area contributed by atoms with Gasteiger partial charge in [0, 0.05) is 57.1 Å². The Morgan fingerprint density at radius 3 is 2.19 bits per heavy atom. The molecule has 4 rings (SSSR count). The minimum atomic E-state index is -0.538. The number of carbonyl (C=O) groups is 4. The molecule has 1 aromatic carbocycles. The van der Waals surface area contributed by atoms with Crippen molar-refractivity contribution in [1.29, 1.82) is 0 Å². The van der Waals surface area contributed by atoms with E-state index in [0.29, 0.717) is 31.7 Å². The van der Waals surface area contributed by atoms with Crippen LogP contribution in [0.15, 0.2) is 30.5 Å². The van der Waals surface area contributed by atoms with E-state index in [-0.39, 0.29) is 55.3 Å². The first-order valence-corrected chi connectivity index (χ1v) is 20.8. The standard InChI is InChI=1S/C41H62N4O12S/c1-25-26(2)40(54-31(7)48)37(24-52-29(5)46)55-35(25)17-10-8-9-12-19-50-33-16-14-15-32(21-33)34-22-45(43-42-34)23-36-39(53-30(6)47)27(3)28(4)41(56-36)51-20-13-11-18-38(49)57-44-58/h14-16,21-22,25-28,35-37,39-41,44,58H,8-13,17-20,23-24H2,1-7H3/t25?,26-,27-,28?,35?,36?,37?,39-,40-,41+/m1/s1. The monoisotopic (exact) mass is 834 g/mol. The molecule has 16 nitrogen and oxygen atoms in total. The highest BCUT2D eigenvalue weighted by Gasteiger charge is 2.45. The molecule has 58 heavy (non-hydrogen) atoms. The highest BCUT2D eigenvalue weighted by molar-refractivity contribution is 7.77. The first-order valence-electron chi connectivity index (χ1n) is 20.4. The number of thiol groups is 1. The minimum absolute atomic E-state index is 0.0224. The van der Waals surface area contributed by atoms with Crippen molar-refractivity contribution >= 4 is 36.7 Å². The number of esters is 3. The Labute approximate surface area is 347 Å². The number of nitrogens with zero attached hydrogens (tertiary/aromatic N) is 3. The number of unbranched alkanes of at least 4 members (excludes halogenated alkanes) is 4. The van der Waals surface area contributed by atoms with Crippen LogP contribution in [0, 0.1) is 23.7 Å². The number of nitrogens with one attached hydrogen (secondary N) is 1. The van der Waals surface area contributed by atoms with Gasteiger partial charge >= 0.3 is 23.9 Å². The highest BCUT2D eigenvalue weighted by Crippen LogP contribution is 2.36. The zero-order chi connectivity index (χ0) is 42.2. The van der Waals surface area contributed by atoms with Gasteiger partial charge in [0.1, 0.15) is 42.5 Å². The third-order valence-corrected chi connectivity index (χ3v) is 11.2. The maximum absolute atomic E-state index is 12.1. The Kier molecular flexibility index (Phi) is 19.2.